The maximum absolute atomic E-state index is 12.4. The molecule has 18 heavy (non-hydrogen) atoms. The molecule has 0 atom stereocenters. The molecule has 0 saturated heterocycles. The number of nitrogens with zero attached hydrogens (tertiary/aromatic N) is 4. The van der Waals surface area contributed by atoms with Crippen molar-refractivity contribution in [1.29, 1.82) is 0 Å². The Balaban J connectivity index is 2.40. The summed E-state index contributed by atoms with van der Waals surface area (Å²) in [7, 11) is 1.74. The molecule has 0 radical (unpaired) electrons. The fraction of sp³-hybridized carbons (Fsp3) is 0.417. The Kier molecular flexibility index (Phi) is 3.26. The van der Waals surface area contributed by atoms with Gasteiger partial charge in [0.25, 0.3) is 5.91 Å². The summed E-state index contributed by atoms with van der Waals surface area (Å²) in [6, 6.07) is 0. The van der Waals surface area contributed by atoms with E-state index in [-0.39, 0.29) is 5.91 Å². The van der Waals surface area contributed by atoms with Crippen LogP contribution in [0.3, 0.4) is 0 Å². The minimum absolute atomic E-state index is 0.108. The Morgan fingerprint density at radius 3 is 2.89 bits per heavy atom. The van der Waals surface area contributed by atoms with Crippen molar-refractivity contribution in [2.24, 2.45) is 0 Å². The summed E-state index contributed by atoms with van der Waals surface area (Å²) in [4.78, 5) is 18.1. The highest BCUT2D eigenvalue weighted by Gasteiger charge is 2.29. The zero-order valence-electron chi connectivity index (χ0n) is 10.6. The molecule has 2 heterocycles. The van der Waals surface area contributed by atoms with Crippen LogP contribution in [0.25, 0.3) is 5.52 Å². The van der Waals surface area contributed by atoms with E-state index in [2.05, 4.69) is 10.1 Å². The number of rotatable bonds is 3. The molecule has 0 aliphatic rings. The molecule has 6 heteroatoms. The molecule has 0 aromatic carbocycles. The average Bonchev–Trinajstić information content (AvgIpc) is 2.80. The standard InChI is InChI=1S/C12H15ClN4O/c1-12(2,8-13)16(3)11(18)9-6-15-17-5-4-14-7-10(9)17/h4-7H,8H2,1-3H3. The number of alkyl halides is 1. The summed E-state index contributed by atoms with van der Waals surface area (Å²) in [5, 5.41) is 4.13. The third-order valence-corrected chi connectivity index (χ3v) is 3.75. The van der Waals surface area contributed by atoms with E-state index in [0.717, 1.165) is 0 Å². The van der Waals surface area contributed by atoms with E-state index >= 15 is 0 Å². The minimum atomic E-state index is -0.408. The van der Waals surface area contributed by atoms with Crippen molar-refractivity contribution in [2.75, 3.05) is 12.9 Å². The third-order valence-electron chi connectivity index (χ3n) is 3.09. The van der Waals surface area contributed by atoms with E-state index in [0.29, 0.717) is 17.0 Å². The maximum atomic E-state index is 12.4. The highest BCUT2D eigenvalue weighted by Crippen LogP contribution is 2.19. The second-order valence-corrected chi connectivity index (χ2v) is 5.04. The van der Waals surface area contributed by atoms with Crippen molar-refractivity contribution in [2.45, 2.75) is 19.4 Å². The van der Waals surface area contributed by atoms with E-state index < -0.39 is 5.54 Å². The summed E-state index contributed by atoms with van der Waals surface area (Å²) in [5.74, 6) is 0.260. The van der Waals surface area contributed by atoms with Crippen LogP contribution in [0.5, 0.6) is 0 Å². The Morgan fingerprint density at radius 2 is 2.22 bits per heavy atom. The van der Waals surface area contributed by atoms with E-state index in [4.69, 9.17) is 11.6 Å². The molecule has 0 saturated carbocycles. The molecule has 0 N–H and O–H groups in total. The third kappa shape index (κ3) is 2.06. The molecule has 2 rings (SSSR count). The summed E-state index contributed by atoms with van der Waals surface area (Å²) in [6.45, 7) is 3.84. The first-order chi connectivity index (χ1) is 8.47. The first kappa shape index (κ1) is 12.8. The predicted octanol–water partition coefficient (Wildman–Crippen LogP) is 1.82. The number of amides is 1. The van der Waals surface area contributed by atoms with Crippen LogP contribution in [0, 0.1) is 0 Å². The van der Waals surface area contributed by atoms with Crippen LogP contribution in [-0.4, -0.2) is 43.9 Å². The molecule has 0 spiro atoms. The van der Waals surface area contributed by atoms with Gasteiger partial charge in [-0.1, -0.05) is 0 Å². The number of carbonyl (C=O) groups excluding carboxylic acids is 1. The summed E-state index contributed by atoms with van der Waals surface area (Å²) in [6.07, 6.45) is 6.52. The number of fused-ring (bicyclic) bond motifs is 1. The second-order valence-electron chi connectivity index (χ2n) is 4.77. The van der Waals surface area contributed by atoms with Gasteiger partial charge in [-0.05, 0) is 13.8 Å². The van der Waals surface area contributed by atoms with E-state index in [1.807, 2.05) is 13.8 Å². The van der Waals surface area contributed by atoms with E-state index in [1.165, 1.54) is 0 Å². The van der Waals surface area contributed by atoms with E-state index in [9.17, 15) is 4.79 Å². The highest BCUT2D eigenvalue weighted by molar-refractivity contribution is 6.18. The smallest absolute Gasteiger partial charge is 0.257 e. The number of hydrogen-bond acceptors (Lipinski definition) is 3. The fourth-order valence-electron chi connectivity index (χ4n) is 1.54. The zero-order chi connectivity index (χ0) is 13.3. The first-order valence-electron chi connectivity index (χ1n) is 5.59. The first-order valence-corrected chi connectivity index (χ1v) is 6.12. The molecule has 2 aromatic rings. The van der Waals surface area contributed by atoms with Crippen LogP contribution < -0.4 is 0 Å². The Bertz CT molecular complexity index is 578. The van der Waals surface area contributed by atoms with Gasteiger partial charge in [-0.2, -0.15) is 5.10 Å². The van der Waals surface area contributed by atoms with Gasteiger partial charge in [-0.15, -0.1) is 11.6 Å². The van der Waals surface area contributed by atoms with Crippen molar-refractivity contribution in [3.8, 4) is 0 Å². The van der Waals surface area contributed by atoms with Crippen molar-refractivity contribution >= 4 is 23.0 Å². The van der Waals surface area contributed by atoms with Gasteiger partial charge >= 0.3 is 0 Å². The van der Waals surface area contributed by atoms with Crippen LogP contribution in [0.1, 0.15) is 24.2 Å². The molecule has 2 aromatic heterocycles. The molecule has 0 fully saturated rings. The lowest BCUT2D eigenvalue weighted by molar-refractivity contribution is 0.0662. The lowest BCUT2D eigenvalue weighted by Crippen LogP contribution is -2.46. The zero-order valence-corrected chi connectivity index (χ0v) is 11.3. The van der Waals surface area contributed by atoms with Crippen LogP contribution in [0.4, 0.5) is 0 Å². The number of hydrogen-bond donors (Lipinski definition) is 0. The Morgan fingerprint density at radius 1 is 1.50 bits per heavy atom. The van der Waals surface area contributed by atoms with Gasteiger partial charge in [0.15, 0.2) is 0 Å². The molecule has 0 bridgehead atoms. The van der Waals surface area contributed by atoms with Gasteiger partial charge in [-0.3, -0.25) is 9.78 Å². The van der Waals surface area contributed by atoms with Crippen LogP contribution >= 0.6 is 11.6 Å². The Hall–Kier alpha value is -1.62. The highest BCUT2D eigenvalue weighted by atomic mass is 35.5. The molecule has 5 nitrogen and oxygen atoms in total. The van der Waals surface area contributed by atoms with Crippen LogP contribution in [0.15, 0.2) is 24.8 Å². The Labute approximate surface area is 110 Å². The quantitative estimate of drug-likeness (QED) is 0.797. The van der Waals surface area contributed by atoms with Gasteiger partial charge in [0.2, 0.25) is 0 Å². The monoisotopic (exact) mass is 266 g/mol. The summed E-state index contributed by atoms with van der Waals surface area (Å²) < 4.78 is 1.63. The topological polar surface area (TPSA) is 50.5 Å². The largest absolute Gasteiger partial charge is 0.335 e. The molecule has 0 aliphatic heterocycles. The van der Waals surface area contributed by atoms with Crippen molar-refractivity contribution < 1.29 is 4.79 Å². The van der Waals surface area contributed by atoms with Gasteiger partial charge in [-0.25, -0.2) is 4.52 Å². The minimum Gasteiger partial charge on any atom is -0.335 e. The van der Waals surface area contributed by atoms with Gasteiger partial charge < -0.3 is 4.90 Å². The molecular formula is C12H15ClN4O. The predicted molar refractivity (Wildman–Crippen MR) is 69.9 cm³/mol. The van der Waals surface area contributed by atoms with Gasteiger partial charge in [0, 0.05) is 25.3 Å². The van der Waals surface area contributed by atoms with Crippen molar-refractivity contribution in [3.05, 3.63) is 30.4 Å². The van der Waals surface area contributed by atoms with Gasteiger partial charge in [0.1, 0.15) is 0 Å². The van der Waals surface area contributed by atoms with Crippen molar-refractivity contribution in [3.63, 3.8) is 0 Å². The molecule has 1 amide bonds. The number of carbonyl (C=O) groups is 1. The summed E-state index contributed by atoms with van der Waals surface area (Å²) >= 11 is 5.88. The number of aromatic nitrogens is 3. The second kappa shape index (κ2) is 4.57. The van der Waals surface area contributed by atoms with Crippen molar-refractivity contribution in [1.82, 2.24) is 19.5 Å². The number of halogens is 1. The maximum Gasteiger partial charge on any atom is 0.257 e. The molecule has 0 aliphatic carbocycles. The lowest BCUT2D eigenvalue weighted by atomic mass is 10.1. The summed E-state index contributed by atoms with van der Waals surface area (Å²) in [5.41, 5.74) is 0.818. The normalized spacial score (nSPS) is 11.8. The SMILES string of the molecule is CN(C(=O)c1cnn2ccncc12)C(C)(C)CCl. The van der Waals surface area contributed by atoms with E-state index in [1.54, 1.807) is 41.3 Å². The van der Waals surface area contributed by atoms with Gasteiger partial charge in [0.05, 0.1) is 29.0 Å². The van der Waals surface area contributed by atoms with Crippen LogP contribution in [0.2, 0.25) is 0 Å². The molecule has 96 valence electrons. The molecule has 0 unspecified atom stereocenters. The molecular weight excluding hydrogens is 252 g/mol. The van der Waals surface area contributed by atoms with Crippen LogP contribution in [-0.2, 0) is 0 Å². The lowest BCUT2D eigenvalue weighted by Gasteiger charge is -2.33. The fourth-order valence-corrected chi connectivity index (χ4v) is 1.72. The average molecular weight is 267 g/mol.